The normalized spacial score (nSPS) is 14.8. The second kappa shape index (κ2) is 9.55. The molecule has 0 atom stereocenters. The summed E-state index contributed by atoms with van der Waals surface area (Å²) in [5.41, 5.74) is 4.52. The number of amides is 2. The number of hydrogen-bond acceptors (Lipinski definition) is 3. The molecule has 32 heavy (non-hydrogen) atoms. The number of nitrogens with one attached hydrogen (secondary N) is 1. The summed E-state index contributed by atoms with van der Waals surface area (Å²) < 4.78 is 6.41. The summed E-state index contributed by atoms with van der Waals surface area (Å²) in [6, 6.07) is 17.4. The van der Waals surface area contributed by atoms with Crippen LogP contribution in [0.1, 0.15) is 11.1 Å². The Bertz CT molecular complexity index is 1230. The van der Waals surface area contributed by atoms with Crippen molar-refractivity contribution in [1.29, 1.82) is 0 Å². The van der Waals surface area contributed by atoms with Gasteiger partial charge in [-0.05, 0) is 69.5 Å². The van der Waals surface area contributed by atoms with E-state index < -0.39 is 11.8 Å². The minimum absolute atomic E-state index is 0.00120. The Morgan fingerprint density at radius 2 is 1.69 bits per heavy atom. The van der Waals surface area contributed by atoms with Gasteiger partial charge in [0.25, 0.3) is 11.8 Å². The van der Waals surface area contributed by atoms with Gasteiger partial charge in [-0.1, -0.05) is 59.1 Å². The van der Waals surface area contributed by atoms with E-state index in [1.165, 1.54) is 11.1 Å². The highest BCUT2D eigenvalue weighted by molar-refractivity contribution is 9.10. The Morgan fingerprint density at radius 1 is 0.938 bits per heavy atom. The first-order chi connectivity index (χ1) is 15.3. The molecule has 3 aromatic rings. The lowest BCUT2D eigenvalue weighted by Gasteiger charge is -2.14. The number of anilines is 1. The molecule has 1 aliphatic rings. The van der Waals surface area contributed by atoms with Crippen LogP contribution in [0.2, 0.25) is 15.1 Å². The quantitative estimate of drug-likeness (QED) is 0.292. The van der Waals surface area contributed by atoms with E-state index in [4.69, 9.17) is 39.5 Å². The Morgan fingerprint density at radius 3 is 2.38 bits per heavy atom. The summed E-state index contributed by atoms with van der Waals surface area (Å²) in [5, 5.41) is 2.42. The van der Waals surface area contributed by atoms with Crippen LogP contribution in [0, 0.1) is 0 Å². The van der Waals surface area contributed by atoms with Gasteiger partial charge < -0.3 is 4.74 Å². The molecule has 1 aliphatic heterocycles. The molecule has 1 saturated heterocycles. The molecule has 3 aromatic carbocycles. The van der Waals surface area contributed by atoms with Crippen LogP contribution >= 0.6 is 50.7 Å². The summed E-state index contributed by atoms with van der Waals surface area (Å²) in [7, 11) is 0. The molecule has 2 amide bonds. The van der Waals surface area contributed by atoms with Gasteiger partial charge in [0, 0.05) is 0 Å². The van der Waals surface area contributed by atoms with Gasteiger partial charge in [-0.3, -0.25) is 15.0 Å². The largest absolute Gasteiger partial charge is 0.486 e. The molecule has 9 heteroatoms. The Hall–Kier alpha value is -2.51. The number of benzene rings is 3. The molecule has 0 aliphatic carbocycles. The first kappa shape index (κ1) is 22.7. The van der Waals surface area contributed by atoms with E-state index in [-0.39, 0.29) is 12.2 Å². The van der Waals surface area contributed by atoms with Crippen LogP contribution in [0.5, 0.6) is 5.75 Å². The first-order valence-corrected chi connectivity index (χ1v) is 11.2. The van der Waals surface area contributed by atoms with Crippen molar-refractivity contribution in [2.24, 2.45) is 0 Å². The van der Waals surface area contributed by atoms with Gasteiger partial charge in [0.05, 0.1) is 25.2 Å². The van der Waals surface area contributed by atoms with Gasteiger partial charge in [0.2, 0.25) is 0 Å². The summed E-state index contributed by atoms with van der Waals surface area (Å²) in [6.45, 7) is 0.225. The maximum absolute atomic E-state index is 12.8. The van der Waals surface area contributed by atoms with Crippen molar-refractivity contribution in [1.82, 2.24) is 5.43 Å². The Labute approximate surface area is 207 Å². The van der Waals surface area contributed by atoms with Crippen molar-refractivity contribution in [2.45, 2.75) is 6.61 Å². The number of para-hydroxylation sites is 1. The van der Waals surface area contributed by atoms with Gasteiger partial charge in [-0.2, -0.15) is 0 Å². The molecule has 0 bridgehead atoms. The fraction of sp³-hybridized carbons (Fsp3) is 0.0435. The number of rotatable bonds is 5. The third-order valence-corrected chi connectivity index (χ3v) is 6.21. The van der Waals surface area contributed by atoms with Gasteiger partial charge in [-0.25, -0.2) is 5.01 Å². The number of nitrogens with zero attached hydrogens (tertiary/aromatic N) is 1. The van der Waals surface area contributed by atoms with Crippen molar-refractivity contribution >= 4 is 74.3 Å². The molecule has 5 nitrogen and oxygen atoms in total. The van der Waals surface area contributed by atoms with Gasteiger partial charge in [0.15, 0.2) is 5.75 Å². The second-order valence-electron chi connectivity index (χ2n) is 6.83. The average molecular weight is 553 g/mol. The molecule has 0 spiro atoms. The lowest BCUT2D eigenvalue weighted by Crippen LogP contribution is -2.35. The molecule has 1 fully saturated rings. The lowest BCUT2D eigenvalue weighted by molar-refractivity contribution is -0.117. The van der Waals surface area contributed by atoms with E-state index in [0.29, 0.717) is 36.5 Å². The van der Waals surface area contributed by atoms with Crippen molar-refractivity contribution in [2.75, 3.05) is 5.01 Å². The molecule has 162 valence electrons. The topological polar surface area (TPSA) is 58.6 Å². The minimum atomic E-state index is -0.494. The monoisotopic (exact) mass is 550 g/mol. The molecular weight excluding hydrogens is 539 g/mol. The maximum Gasteiger partial charge on any atom is 0.282 e. The minimum Gasteiger partial charge on any atom is -0.486 e. The fourth-order valence-electron chi connectivity index (χ4n) is 3.07. The second-order valence-corrected chi connectivity index (χ2v) is 8.90. The van der Waals surface area contributed by atoms with Crippen molar-refractivity contribution in [3.05, 3.63) is 96.9 Å². The van der Waals surface area contributed by atoms with Crippen molar-refractivity contribution < 1.29 is 14.3 Å². The molecule has 0 unspecified atom stereocenters. The number of carbonyl (C=O) groups excluding carboxylic acids is 2. The van der Waals surface area contributed by atoms with Crippen LogP contribution < -0.4 is 15.2 Å². The lowest BCUT2D eigenvalue weighted by atomic mass is 10.1. The van der Waals surface area contributed by atoms with Crippen molar-refractivity contribution in [3.63, 3.8) is 0 Å². The molecule has 1 N–H and O–H groups in total. The zero-order chi connectivity index (χ0) is 22.8. The van der Waals surface area contributed by atoms with E-state index in [2.05, 4.69) is 21.4 Å². The van der Waals surface area contributed by atoms with Gasteiger partial charge in [-0.15, -0.1) is 0 Å². The number of halogens is 4. The van der Waals surface area contributed by atoms with E-state index in [9.17, 15) is 9.59 Å². The number of hydrogen-bond donors (Lipinski definition) is 1. The average Bonchev–Trinajstić information content (AvgIpc) is 3.04. The van der Waals surface area contributed by atoms with E-state index >= 15 is 0 Å². The highest BCUT2D eigenvalue weighted by Crippen LogP contribution is 2.36. The molecular formula is C23H14BrCl3N2O3. The zero-order valence-corrected chi connectivity index (χ0v) is 20.1. The summed E-state index contributed by atoms with van der Waals surface area (Å²) >= 11 is 21.8. The summed E-state index contributed by atoms with van der Waals surface area (Å²) in [4.78, 5) is 25.1. The van der Waals surface area contributed by atoms with Crippen LogP contribution in [0.15, 0.2) is 70.7 Å². The van der Waals surface area contributed by atoms with Gasteiger partial charge >= 0.3 is 0 Å². The van der Waals surface area contributed by atoms with Gasteiger partial charge in [0.1, 0.15) is 12.2 Å². The highest BCUT2D eigenvalue weighted by atomic mass is 79.9. The van der Waals surface area contributed by atoms with Crippen LogP contribution in [0.25, 0.3) is 6.08 Å². The van der Waals surface area contributed by atoms with Crippen molar-refractivity contribution in [3.8, 4) is 5.75 Å². The molecule has 0 aromatic heterocycles. The zero-order valence-electron chi connectivity index (χ0n) is 16.2. The maximum atomic E-state index is 12.8. The third kappa shape index (κ3) is 4.79. The Kier molecular flexibility index (Phi) is 6.76. The SMILES string of the molecule is O=C1NN(c2ccccc2)C(=O)/C1=C\c1cc(Cl)c(OCc2ccc(Cl)c(Cl)c2)c(Br)c1. The predicted molar refractivity (Wildman–Crippen MR) is 130 cm³/mol. The standard InChI is InChI=1S/C23H14BrCl3N2O3/c24-17-9-14(8-16-22(30)28-29(23(16)31)15-4-2-1-3-5-15)11-20(27)21(17)32-12-13-6-7-18(25)19(26)10-13/h1-11H,12H2,(H,28,30)/b16-8-. The third-order valence-electron chi connectivity index (χ3n) is 4.60. The van der Waals surface area contributed by atoms with Crippen LogP contribution in [0.3, 0.4) is 0 Å². The first-order valence-electron chi connectivity index (χ1n) is 9.31. The number of ether oxygens (including phenoxy) is 1. The van der Waals surface area contributed by atoms with E-state index in [1.54, 1.807) is 54.6 Å². The molecule has 0 radical (unpaired) electrons. The summed E-state index contributed by atoms with van der Waals surface area (Å²) in [6.07, 6.45) is 1.49. The molecule has 1 heterocycles. The van der Waals surface area contributed by atoms with Crippen LogP contribution in [-0.4, -0.2) is 11.8 Å². The molecule has 0 saturated carbocycles. The summed E-state index contributed by atoms with van der Waals surface area (Å²) in [5.74, 6) is -0.521. The highest BCUT2D eigenvalue weighted by Gasteiger charge is 2.34. The number of hydrazine groups is 1. The van der Waals surface area contributed by atoms with Crippen LogP contribution in [-0.2, 0) is 16.2 Å². The fourth-order valence-corrected chi connectivity index (χ4v) is 4.38. The molecule has 4 rings (SSSR count). The smallest absolute Gasteiger partial charge is 0.282 e. The predicted octanol–water partition coefficient (Wildman–Crippen LogP) is 6.45. The Balaban J connectivity index is 1.55. The van der Waals surface area contributed by atoms with E-state index in [1.807, 2.05) is 6.07 Å². The number of carbonyl (C=O) groups is 2. The van der Waals surface area contributed by atoms with Crippen LogP contribution in [0.4, 0.5) is 5.69 Å². The van der Waals surface area contributed by atoms with E-state index in [0.717, 1.165) is 5.56 Å².